The zero-order valence-corrected chi connectivity index (χ0v) is 20.1. The number of ether oxygens (including phenoxy) is 1. The van der Waals surface area contributed by atoms with Gasteiger partial charge in [0.05, 0.1) is 31.5 Å². The summed E-state index contributed by atoms with van der Waals surface area (Å²) in [4.78, 5) is 4.70. The third-order valence-electron chi connectivity index (χ3n) is 4.67. The molecule has 0 aliphatic rings. The molecule has 0 spiro atoms. The molecule has 1 unspecified atom stereocenters. The number of benzene rings is 1. The second-order valence-corrected chi connectivity index (χ2v) is 6.70. The number of aromatic nitrogens is 2. The molecule has 8 heteroatoms. The van der Waals surface area contributed by atoms with Gasteiger partial charge in [0, 0.05) is 31.5 Å². The van der Waals surface area contributed by atoms with Crippen molar-refractivity contribution in [3.8, 4) is 0 Å². The van der Waals surface area contributed by atoms with E-state index in [1.165, 1.54) is 0 Å². The topological polar surface area (TPSA) is 83.7 Å². The lowest BCUT2D eigenvalue weighted by Gasteiger charge is -2.14. The second kappa shape index (κ2) is 13.6. The largest absolute Gasteiger partial charge is 0.388 e. The van der Waals surface area contributed by atoms with Gasteiger partial charge < -0.3 is 20.5 Å². The fourth-order valence-electron chi connectivity index (χ4n) is 3.03. The van der Waals surface area contributed by atoms with Crippen LogP contribution >= 0.6 is 24.0 Å². The molecule has 1 aromatic heterocycles. The number of rotatable bonds is 10. The SMILES string of the molecule is CCNC(=NCc1c(C)nn(CCOC)c1C)NCCC(O)c1ccccc1.I. The molecule has 2 aromatic rings. The first kappa shape index (κ1) is 25.4. The van der Waals surface area contributed by atoms with Crippen molar-refractivity contribution >= 4 is 29.9 Å². The van der Waals surface area contributed by atoms with Crippen LogP contribution in [-0.4, -0.2) is 47.7 Å². The highest BCUT2D eigenvalue weighted by Crippen LogP contribution is 2.15. The van der Waals surface area contributed by atoms with Gasteiger partial charge >= 0.3 is 0 Å². The van der Waals surface area contributed by atoms with E-state index in [1.54, 1.807) is 7.11 Å². The van der Waals surface area contributed by atoms with Gasteiger partial charge in [0.1, 0.15) is 0 Å². The Morgan fingerprint density at radius 3 is 2.62 bits per heavy atom. The minimum Gasteiger partial charge on any atom is -0.388 e. The summed E-state index contributed by atoms with van der Waals surface area (Å²) < 4.78 is 7.12. The first-order chi connectivity index (χ1) is 13.6. The zero-order valence-electron chi connectivity index (χ0n) is 17.8. The summed E-state index contributed by atoms with van der Waals surface area (Å²) >= 11 is 0. The van der Waals surface area contributed by atoms with Gasteiger partial charge in [-0.1, -0.05) is 30.3 Å². The maximum absolute atomic E-state index is 10.3. The van der Waals surface area contributed by atoms with E-state index in [2.05, 4.69) is 22.7 Å². The van der Waals surface area contributed by atoms with Crippen LogP contribution in [-0.2, 0) is 17.8 Å². The molecule has 0 aliphatic carbocycles. The summed E-state index contributed by atoms with van der Waals surface area (Å²) in [7, 11) is 1.69. The summed E-state index contributed by atoms with van der Waals surface area (Å²) in [6.07, 6.45) is 0.126. The lowest BCUT2D eigenvalue weighted by molar-refractivity contribution is 0.168. The number of aliphatic hydroxyl groups excluding tert-OH is 1. The Hall–Kier alpha value is -1.65. The molecule has 29 heavy (non-hydrogen) atoms. The van der Waals surface area contributed by atoms with Crippen LogP contribution in [0.5, 0.6) is 0 Å². The van der Waals surface area contributed by atoms with Gasteiger partial charge in [-0.3, -0.25) is 4.68 Å². The predicted octanol–water partition coefficient (Wildman–Crippen LogP) is 2.94. The van der Waals surface area contributed by atoms with Gasteiger partial charge in [0.15, 0.2) is 5.96 Å². The number of guanidine groups is 1. The number of nitrogens with one attached hydrogen (secondary N) is 2. The summed E-state index contributed by atoms with van der Waals surface area (Å²) in [5, 5.41) is 21.4. The molecule has 3 N–H and O–H groups in total. The molecule has 0 saturated heterocycles. The molecular formula is C21H34IN5O2. The Kier molecular flexibility index (Phi) is 11.9. The number of methoxy groups -OCH3 is 1. The Morgan fingerprint density at radius 2 is 1.97 bits per heavy atom. The standard InChI is InChI=1S/C21H33N5O2.HI/c1-5-22-21(23-12-11-20(27)18-9-7-6-8-10-18)24-15-19-16(2)25-26(17(19)3)13-14-28-4;/h6-10,20,27H,5,11-15H2,1-4H3,(H2,22,23,24);1H. The van der Waals surface area contributed by atoms with Crippen LogP contribution in [0, 0.1) is 13.8 Å². The number of hydrogen-bond donors (Lipinski definition) is 3. The van der Waals surface area contributed by atoms with Crippen molar-refractivity contribution < 1.29 is 9.84 Å². The highest BCUT2D eigenvalue weighted by molar-refractivity contribution is 14.0. The van der Waals surface area contributed by atoms with Crippen molar-refractivity contribution in [2.24, 2.45) is 4.99 Å². The first-order valence-electron chi connectivity index (χ1n) is 9.83. The molecule has 1 atom stereocenters. The van der Waals surface area contributed by atoms with Crippen LogP contribution in [0.15, 0.2) is 35.3 Å². The van der Waals surface area contributed by atoms with E-state index in [0.717, 1.165) is 41.6 Å². The molecule has 0 amide bonds. The summed E-state index contributed by atoms with van der Waals surface area (Å²) in [6, 6.07) is 9.71. The van der Waals surface area contributed by atoms with Crippen molar-refractivity contribution in [3.05, 3.63) is 52.8 Å². The minimum absolute atomic E-state index is 0. The molecule has 0 radical (unpaired) electrons. The fourth-order valence-corrected chi connectivity index (χ4v) is 3.03. The summed E-state index contributed by atoms with van der Waals surface area (Å²) in [6.45, 7) is 9.46. The zero-order chi connectivity index (χ0) is 20.4. The van der Waals surface area contributed by atoms with Crippen LogP contribution in [0.3, 0.4) is 0 Å². The molecule has 1 aromatic carbocycles. The fraction of sp³-hybridized carbons (Fsp3) is 0.524. The molecule has 2 rings (SSSR count). The number of hydrogen-bond acceptors (Lipinski definition) is 4. The van der Waals surface area contributed by atoms with Crippen molar-refractivity contribution in [2.75, 3.05) is 26.8 Å². The Balaban J connectivity index is 0.00000420. The quantitative estimate of drug-likeness (QED) is 0.258. The molecule has 0 aliphatic heterocycles. The molecular weight excluding hydrogens is 481 g/mol. The summed E-state index contributed by atoms with van der Waals surface area (Å²) in [5.74, 6) is 0.742. The molecule has 162 valence electrons. The van der Waals surface area contributed by atoms with Gasteiger partial charge in [-0.2, -0.15) is 5.10 Å². The highest BCUT2D eigenvalue weighted by Gasteiger charge is 2.12. The van der Waals surface area contributed by atoms with E-state index in [0.29, 0.717) is 26.1 Å². The third kappa shape index (κ3) is 7.94. The monoisotopic (exact) mass is 515 g/mol. The highest BCUT2D eigenvalue weighted by atomic mass is 127. The van der Waals surface area contributed by atoms with E-state index in [4.69, 9.17) is 9.73 Å². The van der Waals surface area contributed by atoms with E-state index in [-0.39, 0.29) is 24.0 Å². The Bertz CT molecular complexity index is 749. The molecule has 0 saturated carbocycles. The number of nitrogens with zero attached hydrogens (tertiary/aromatic N) is 3. The number of aliphatic imine (C=N–C) groups is 1. The molecule has 7 nitrogen and oxygen atoms in total. The van der Waals surface area contributed by atoms with Crippen LogP contribution in [0.2, 0.25) is 0 Å². The van der Waals surface area contributed by atoms with E-state index >= 15 is 0 Å². The van der Waals surface area contributed by atoms with Crippen LogP contribution in [0.4, 0.5) is 0 Å². The van der Waals surface area contributed by atoms with Gasteiger partial charge in [-0.25, -0.2) is 4.99 Å². The van der Waals surface area contributed by atoms with Gasteiger partial charge in [0.2, 0.25) is 0 Å². The third-order valence-corrected chi connectivity index (χ3v) is 4.67. The Labute approximate surface area is 191 Å². The molecule has 0 fully saturated rings. The lowest BCUT2D eigenvalue weighted by Crippen LogP contribution is -2.38. The van der Waals surface area contributed by atoms with Gasteiger partial charge in [-0.15, -0.1) is 24.0 Å². The maximum atomic E-state index is 10.3. The average molecular weight is 515 g/mol. The van der Waals surface area contributed by atoms with Crippen molar-refractivity contribution in [1.82, 2.24) is 20.4 Å². The van der Waals surface area contributed by atoms with E-state index < -0.39 is 6.10 Å². The van der Waals surface area contributed by atoms with Gasteiger partial charge in [-0.05, 0) is 32.8 Å². The molecule has 1 heterocycles. The van der Waals surface area contributed by atoms with E-state index in [9.17, 15) is 5.11 Å². The van der Waals surface area contributed by atoms with Crippen molar-refractivity contribution in [1.29, 1.82) is 0 Å². The maximum Gasteiger partial charge on any atom is 0.191 e. The van der Waals surface area contributed by atoms with Crippen molar-refractivity contribution in [3.63, 3.8) is 0 Å². The van der Waals surface area contributed by atoms with Crippen LogP contribution in [0.25, 0.3) is 0 Å². The lowest BCUT2D eigenvalue weighted by atomic mass is 10.1. The Morgan fingerprint density at radius 1 is 1.24 bits per heavy atom. The average Bonchev–Trinajstić information content (AvgIpc) is 2.98. The first-order valence-corrected chi connectivity index (χ1v) is 9.83. The van der Waals surface area contributed by atoms with Crippen LogP contribution < -0.4 is 10.6 Å². The van der Waals surface area contributed by atoms with E-state index in [1.807, 2.05) is 48.9 Å². The summed E-state index contributed by atoms with van der Waals surface area (Å²) in [5.41, 5.74) is 4.18. The smallest absolute Gasteiger partial charge is 0.191 e. The predicted molar refractivity (Wildman–Crippen MR) is 128 cm³/mol. The number of aliphatic hydroxyl groups is 1. The molecule has 0 bridgehead atoms. The normalized spacial score (nSPS) is 12.4. The number of halogens is 1. The second-order valence-electron chi connectivity index (χ2n) is 6.70. The van der Waals surface area contributed by atoms with Crippen LogP contribution in [0.1, 0.15) is 42.0 Å². The van der Waals surface area contributed by atoms with Crippen molar-refractivity contribution in [2.45, 2.75) is 46.4 Å². The van der Waals surface area contributed by atoms with Gasteiger partial charge in [0.25, 0.3) is 0 Å². The number of aryl methyl sites for hydroxylation is 1. The minimum atomic E-state index is -0.486.